The molecule has 0 spiro atoms. The summed E-state index contributed by atoms with van der Waals surface area (Å²) in [5, 5.41) is 6.87. The van der Waals surface area contributed by atoms with Crippen LogP contribution in [0.2, 0.25) is 0 Å². The van der Waals surface area contributed by atoms with Gasteiger partial charge in [0, 0.05) is 0 Å². The summed E-state index contributed by atoms with van der Waals surface area (Å²) in [6.07, 6.45) is 2.79. The van der Waals surface area contributed by atoms with Gasteiger partial charge in [0.25, 0.3) is 0 Å². The standard InChI is InChI=1S/C12H14N2O/c1-2-8-15-12-11(9-13-14-12)10-6-4-3-5-7-10/h3-7,9H,2,8H2,1H3,(H,13,14). The Bertz CT molecular complexity index is 409. The maximum absolute atomic E-state index is 5.56. The third-order valence-electron chi connectivity index (χ3n) is 2.14. The van der Waals surface area contributed by atoms with E-state index in [1.807, 2.05) is 30.3 Å². The Labute approximate surface area is 89.1 Å². The van der Waals surface area contributed by atoms with E-state index >= 15 is 0 Å². The van der Waals surface area contributed by atoms with Crippen LogP contribution in [0, 0.1) is 0 Å². The van der Waals surface area contributed by atoms with Crippen molar-refractivity contribution in [1.82, 2.24) is 10.2 Å². The fourth-order valence-electron chi connectivity index (χ4n) is 1.41. The van der Waals surface area contributed by atoms with E-state index in [4.69, 9.17) is 4.74 Å². The average molecular weight is 202 g/mol. The highest BCUT2D eigenvalue weighted by molar-refractivity contribution is 5.67. The molecule has 15 heavy (non-hydrogen) atoms. The van der Waals surface area contributed by atoms with E-state index in [9.17, 15) is 0 Å². The van der Waals surface area contributed by atoms with Crippen LogP contribution in [0.4, 0.5) is 0 Å². The minimum absolute atomic E-state index is 0.710. The number of benzene rings is 1. The number of rotatable bonds is 4. The largest absolute Gasteiger partial charge is 0.478 e. The predicted octanol–water partition coefficient (Wildman–Crippen LogP) is 2.87. The Kier molecular flexibility index (Phi) is 3.02. The van der Waals surface area contributed by atoms with Gasteiger partial charge >= 0.3 is 0 Å². The maximum atomic E-state index is 5.56. The van der Waals surface area contributed by atoms with Crippen molar-refractivity contribution in [2.45, 2.75) is 13.3 Å². The van der Waals surface area contributed by atoms with Gasteiger partial charge in [0.15, 0.2) is 0 Å². The third-order valence-corrected chi connectivity index (χ3v) is 2.14. The number of hydrogen-bond acceptors (Lipinski definition) is 2. The van der Waals surface area contributed by atoms with Gasteiger partial charge in [-0.05, 0) is 12.0 Å². The van der Waals surface area contributed by atoms with Gasteiger partial charge in [0.2, 0.25) is 5.88 Å². The molecule has 0 saturated carbocycles. The molecule has 3 nitrogen and oxygen atoms in total. The molecule has 0 amide bonds. The predicted molar refractivity (Wildman–Crippen MR) is 59.8 cm³/mol. The monoisotopic (exact) mass is 202 g/mol. The summed E-state index contributed by atoms with van der Waals surface area (Å²) in [6, 6.07) is 10.1. The number of nitrogens with one attached hydrogen (secondary N) is 1. The Morgan fingerprint density at radius 2 is 2.07 bits per heavy atom. The van der Waals surface area contributed by atoms with Crippen LogP contribution in [0.1, 0.15) is 13.3 Å². The van der Waals surface area contributed by atoms with Crippen molar-refractivity contribution in [3.05, 3.63) is 36.5 Å². The van der Waals surface area contributed by atoms with E-state index in [1.165, 1.54) is 0 Å². The molecule has 78 valence electrons. The van der Waals surface area contributed by atoms with Crippen molar-refractivity contribution in [1.29, 1.82) is 0 Å². The van der Waals surface area contributed by atoms with Gasteiger partial charge in [-0.15, -0.1) is 0 Å². The molecule has 0 fully saturated rings. The van der Waals surface area contributed by atoms with Gasteiger partial charge in [-0.25, -0.2) is 5.10 Å². The van der Waals surface area contributed by atoms with Gasteiger partial charge in [-0.1, -0.05) is 37.3 Å². The maximum Gasteiger partial charge on any atom is 0.217 e. The number of H-pyrrole nitrogens is 1. The zero-order chi connectivity index (χ0) is 10.5. The van der Waals surface area contributed by atoms with Crippen molar-refractivity contribution < 1.29 is 4.74 Å². The molecule has 2 aromatic rings. The molecule has 0 unspecified atom stereocenters. The highest BCUT2D eigenvalue weighted by atomic mass is 16.5. The lowest BCUT2D eigenvalue weighted by atomic mass is 10.1. The zero-order valence-corrected chi connectivity index (χ0v) is 8.73. The van der Waals surface area contributed by atoms with E-state index in [1.54, 1.807) is 6.20 Å². The highest BCUT2D eigenvalue weighted by Crippen LogP contribution is 2.27. The van der Waals surface area contributed by atoms with Gasteiger partial charge in [0.05, 0.1) is 18.4 Å². The van der Waals surface area contributed by atoms with E-state index in [0.717, 1.165) is 23.4 Å². The summed E-state index contributed by atoms with van der Waals surface area (Å²) >= 11 is 0. The summed E-state index contributed by atoms with van der Waals surface area (Å²) in [5.41, 5.74) is 2.14. The molecule has 1 aromatic carbocycles. The summed E-state index contributed by atoms with van der Waals surface area (Å²) in [4.78, 5) is 0. The normalized spacial score (nSPS) is 10.2. The fraction of sp³-hybridized carbons (Fsp3) is 0.250. The first-order chi connectivity index (χ1) is 7.42. The molecule has 0 saturated heterocycles. The molecule has 2 rings (SSSR count). The Hall–Kier alpha value is -1.77. The molecule has 1 N–H and O–H groups in total. The minimum atomic E-state index is 0.710. The van der Waals surface area contributed by atoms with Crippen LogP contribution in [0.25, 0.3) is 11.1 Å². The van der Waals surface area contributed by atoms with Crippen LogP contribution in [0.15, 0.2) is 36.5 Å². The quantitative estimate of drug-likeness (QED) is 0.827. The molecule has 0 aliphatic rings. The van der Waals surface area contributed by atoms with Crippen molar-refractivity contribution >= 4 is 0 Å². The van der Waals surface area contributed by atoms with Gasteiger partial charge in [-0.3, -0.25) is 0 Å². The molecular weight excluding hydrogens is 188 g/mol. The first kappa shape index (κ1) is 9.77. The van der Waals surface area contributed by atoms with Crippen LogP contribution in [-0.2, 0) is 0 Å². The number of aromatic nitrogens is 2. The number of nitrogens with zero attached hydrogens (tertiary/aromatic N) is 1. The zero-order valence-electron chi connectivity index (χ0n) is 8.73. The third kappa shape index (κ3) is 2.18. The molecule has 3 heteroatoms. The molecule has 0 atom stereocenters. The first-order valence-corrected chi connectivity index (χ1v) is 5.13. The van der Waals surface area contributed by atoms with Crippen molar-refractivity contribution in [2.75, 3.05) is 6.61 Å². The molecule has 1 aromatic heterocycles. The lowest BCUT2D eigenvalue weighted by Crippen LogP contribution is -1.96. The smallest absolute Gasteiger partial charge is 0.217 e. The number of ether oxygens (including phenoxy) is 1. The highest BCUT2D eigenvalue weighted by Gasteiger charge is 2.07. The van der Waals surface area contributed by atoms with Crippen molar-refractivity contribution in [2.24, 2.45) is 0 Å². The van der Waals surface area contributed by atoms with E-state index in [-0.39, 0.29) is 0 Å². The summed E-state index contributed by atoms with van der Waals surface area (Å²) in [6.45, 7) is 2.79. The second-order valence-corrected chi connectivity index (χ2v) is 3.33. The van der Waals surface area contributed by atoms with Crippen LogP contribution in [0.5, 0.6) is 5.88 Å². The Balaban J connectivity index is 2.25. The van der Waals surface area contributed by atoms with Crippen LogP contribution >= 0.6 is 0 Å². The van der Waals surface area contributed by atoms with Crippen LogP contribution < -0.4 is 4.74 Å². The first-order valence-electron chi connectivity index (χ1n) is 5.13. The van der Waals surface area contributed by atoms with Gasteiger partial charge in [-0.2, -0.15) is 5.10 Å². The minimum Gasteiger partial charge on any atom is -0.478 e. The lowest BCUT2D eigenvalue weighted by Gasteiger charge is -2.04. The Morgan fingerprint density at radius 1 is 1.27 bits per heavy atom. The topological polar surface area (TPSA) is 37.9 Å². The van der Waals surface area contributed by atoms with E-state index < -0.39 is 0 Å². The van der Waals surface area contributed by atoms with Gasteiger partial charge in [0.1, 0.15) is 0 Å². The van der Waals surface area contributed by atoms with Gasteiger partial charge < -0.3 is 4.74 Å². The summed E-state index contributed by atoms with van der Waals surface area (Å²) in [7, 11) is 0. The second-order valence-electron chi connectivity index (χ2n) is 3.33. The summed E-state index contributed by atoms with van der Waals surface area (Å²) in [5.74, 6) is 0.753. The lowest BCUT2D eigenvalue weighted by molar-refractivity contribution is 0.306. The molecule has 1 heterocycles. The van der Waals surface area contributed by atoms with Crippen LogP contribution in [0.3, 0.4) is 0 Å². The molecular formula is C12H14N2O. The van der Waals surface area contributed by atoms with E-state index in [2.05, 4.69) is 17.1 Å². The molecule has 0 aliphatic carbocycles. The van der Waals surface area contributed by atoms with Crippen LogP contribution in [-0.4, -0.2) is 16.8 Å². The van der Waals surface area contributed by atoms with Crippen molar-refractivity contribution in [3.63, 3.8) is 0 Å². The van der Waals surface area contributed by atoms with E-state index in [0.29, 0.717) is 6.61 Å². The molecule has 0 bridgehead atoms. The number of aromatic amines is 1. The molecule has 0 radical (unpaired) electrons. The number of hydrogen-bond donors (Lipinski definition) is 1. The molecule has 0 aliphatic heterocycles. The SMILES string of the molecule is CCCOc1[nH]ncc1-c1ccccc1. The fourth-order valence-corrected chi connectivity index (χ4v) is 1.41. The van der Waals surface area contributed by atoms with Crippen molar-refractivity contribution in [3.8, 4) is 17.0 Å². The summed E-state index contributed by atoms with van der Waals surface area (Å²) < 4.78 is 5.56. The second kappa shape index (κ2) is 4.64. The Morgan fingerprint density at radius 3 is 2.80 bits per heavy atom. The average Bonchev–Trinajstić information content (AvgIpc) is 2.75.